The van der Waals surface area contributed by atoms with Gasteiger partial charge in [-0.05, 0) is 60.2 Å². The summed E-state index contributed by atoms with van der Waals surface area (Å²) in [5, 5.41) is 10.3. The molecule has 0 atom stereocenters. The van der Waals surface area contributed by atoms with E-state index in [1.807, 2.05) is 13.0 Å². The fraction of sp³-hybridized carbons (Fsp3) is 0.0588. The molecule has 3 rings (SSSR count). The molecule has 0 radical (unpaired) electrons. The Bertz CT molecular complexity index is 874. The Morgan fingerprint density at radius 1 is 1.12 bits per heavy atom. The molecule has 0 N–H and O–H groups in total. The van der Waals surface area contributed by atoms with E-state index in [9.17, 15) is 19.7 Å². The molecule has 0 aromatic heterocycles. The summed E-state index contributed by atoms with van der Waals surface area (Å²) in [7, 11) is 0. The van der Waals surface area contributed by atoms with Gasteiger partial charge in [0.1, 0.15) is 0 Å². The molecule has 2 aromatic carbocycles. The molecule has 1 aliphatic heterocycles. The molecular formula is C17H12N2O4S. The quantitative estimate of drug-likeness (QED) is 0.476. The van der Waals surface area contributed by atoms with Crippen LogP contribution in [0, 0.1) is 17.0 Å². The van der Waals surface area contributed by atoms with Gasteiger partial charge >= 0.3 is 0 Å². The van der Waals surface area contributed by atoms with Crippen LogP contribution >= 0.6 is 11.8 Å². The minimum absolute atomic E-state index is 0.0278. The predicted octanol–water partition coefficient (Wildman–Crippen LogP) is 4.14. The summed E-state index contributed by atoms with van der Waals surface area (Å²) in [6.45, 7) is 1.88. The van der Waals surface area contributed by atoms with Crippen molar-refractivity contribution in [2.24, 2.45) is 0 Å². The highest BCUT2D eigenvalue weighted by molar-refractivity contribution is 8.19. The molecule has 1 aliphatic rings. The summed E-state index contributed by atoms with van der Waals surface area (Å²) in [5.74, 6) is -0.394. The Hall–Kier alpha value is -2.93. The first-order valence-electron chi connectivity index (χ1n) is 7.05. The van der Waals surface area contributed by atoms with Crippen LogP contribution < -0.4 is 4.90 Å². The van der Waals surface area contributed by atoms with E-state index in [0.717, 1.165) is 22.2 Å². The summed E-state index contributed by atoms with van der Waals surface area (Å²) in [6.07, 6.45) is 1.56. The molecule has 1 fully saturated rings. The molecule has 1 saturated heterocycles. The Kier molecular flexibility index (Phi) is 4.18. The highest BCUT2D eigenvalue weighted by atomic mass is 32.2. The van der Waals surface area contributed by atoms with E-state index < -0.39 is 10.8 Å². The fourth-order valence-corrected chi connectivity index (χ4v) is 3.14. The third-order valence-electron chi connectivity index (χ3n) is 3.46. The molecule has 0 spiro atoms. The zero-order valence-corrected chi connectivity index (χ0v) is 13.4. The van der Waals surface area contributed by atoms with Crippen LogP contribution in [-0.4, -0.2) is 16.1 Å². The minimum atomic E-state index is -0.491. The first kappa shape index (κ1) is 15.9. The fourth-order valence-electron chi connectivity index (χ4n) is 2.30. The lowest BCUT2D eigenvalue weighted by molar-refractivity contribution is -0.384. The molecule has 0 bridgehead atoms. The first-order chi connectivity index (χ1) is 11.5. The van der Waals surface area contributed by atoms with Crippen molar-refractivity contribution in [3.8, 4) is 0 Å². The number of benzene rings is 2. The van der Waals surface area contributed by atoms with Crippen molar-refractivity contribution in [2.45, 2.75) is 6.92 Å². The molecule has 24 heavy (non-hydrogen) atoms. The monoisotopic (exact) mass is 340 g/mol. The molecular weight excluding hydrogens is 328 g/mol. The molecule has 2 aromatic rings. The van der Waals surface area contributed by atoms with E-state index in [-0.39, 0.29) is 15.8 Å². The van der Waals surface area contributed by atoms with Crippen LogP contribution in [0.3, 0.4) is 0 Å². The third kappa shape index (κ3) is 3.07. The van der Waals surface area contributed by atoms with Gasteiger partial charge in [0.2, 0.25) is 0 Å². The number of amides is 2. The number of hydrogen-bond donors (Lipinski definition) is 0. The Morgan fingerprint density at radius 3 is 2.46 bits per heavy atom. The summed E-state index contributed by atoms with van der Waals surface area (Å²) in [5.41, 5.74) is 2.07. The predicted molar refractivity (Wildman–Crippen MR) is 92.7 cm³/mol. The molecule has 0 saturated carbocycles. The van der Waals surface area contributed by atoms with Gasteiger partial charge in [0.05, 0.1) is 15.5 Å². The maximum absolute atomic E-state index is 12.5. The number of thioether (sulfide) groups is 1. The summed E-state index contributed by atoms with van der Waals surface area (Å²) in [6, 6.07) is 12.9. The molecule has 6 nitrogen and oxygen atoms in total. The Balaban J connectivity index is 1.89. The number of carbonyl (C=O) groups excluding carboxylic acids is 2. The van der Waals surface area contributed by atoms with Gasteiger partial charge in [0.25, 0.3) is 16.8 Å². The van der Waals surface area contributed by atoms with Crippen molar-refractivity contribution in [2.75, 3.05) is 4.90 Å². The second-order valence-electron chi connectivity index (χ2n) is 5.20. The highest BCUT2D eigenvalue weighted by Crippen LogP contribution is 2.36. The maximum atomic E-state index is 12.5. The van der Waals surface area contributed by atoms with Crippen molar-refractivity contribution in [3.63, 3.8) is 0 Å². The largest absolute Gasteiger partial charge is 0.298 e. The number of carbonyl (C=O) groups is 2. The second kappa shape index (κ2) is 6.29. The number of non-ortho nitro benzene ring substituents is 1. The molecule has 120 valence electrons. The molecule has 0 unspecified atom stereocenters. The average molecular weight is 340 g/mol. The van der Waals surface area contributed by atoms with Crippen molar-refractivity contribution < 1.29 is 14.5 Å². The van der Waals surface area contributed by atoms with E-state index in [1.54, 1.807) is 36.4 Å². The third-order valence-corrected chi connectivity index (χ3v) is 4.32. The van der Waals surface area contributed by atoms with Crippen LogP contribution in [0.15, 0.2) is 53.4 Å². The van der Waals surface area contributed by atoms with Gasteiger partial charge in [-0.15, -0.1) is 0 Å². The van der Waals surface area contributed by atoms with Gasteiger partial charge in [-0.2, -0.15) is 0 Å². The number of imide groups is 1. The van der Waals surface area contributed by atoms with Gasteiger partial charge in [-0.3, -0.25) is 19.7 Å². The number of nitro groups is 1. The second-order valence-corrected chi connectivity index (χ2v) is 6.20. The summed E-state index contributed by atoms with van der Waals surface area (Å²) < 4.78 is 0. The minimum Gasteiger partial charge on any atom is -0.268 e. The molecule has 2 amide bonds. The van der Waals surface area contributed by atoms with Crippen molar-refractivity contribution in [3.05, 3.63) is 74.7 Å². The number of rotatable bonds is 3. The van der Waals surface area contributed by atoms with Crippen LogP contribution in [0.25, 0.3) is 6.08 Å². The number of nitro benzene ring substituents is 1. The Morgan fingerprint density at radius 2 is 1.83 bits per heavy atom. The standard InChI is InChI=1S/C17H12N2O4S/c1-11-3-2-4-14(9-11)18-16(20)15(24-17(18)21)10-12-5-7-13(8-6-12)19(22)23/h2-10H,1H3/b15-10+. The van der Waals surface area contributed by atoms with Gasteiger partial charge < -0.3 is 0 Å². The molecule has 0 aliphatic carbocycles. The smallest absolute Gasteiger partial charge is 0.268 e. The lowest BCUT2D eigenvalue weighted by Gasteiger charge is -2.12. The topological polar surface area (TPSA) is 80.5 Å². The average Bonchev–Trinajstić information content (AvgIpc) is 2.82. The summed E-state index contributed by atoms with van der Waals surface area (Å²) >= 11 is 0.852. The first-order valence-corrected chi connectivity index (χ1v) is 7.86. The zero-order valence-electron chi connectivity index (χ0n) is 12.6. The summed E-state index contributed by atoms with van der Waals surface area (Å²) in [4.78, 5) is 36.3. The van der Waals surface area contributed by atoms with Gasteiger partial charge in [0, 0.05) is 12.1 Å². The van der Waals surface area contributed by atoms with E-state index >= 15 is 0 Å². The SMILES string of the molecule is Cc1cccc(N2C(=O)S/C(=C/c3ccc([N+](=O)[O-])cc3)C2=O)c1. The van der Waals surface area contributed by atoms with Gasteiger partial charge in [0.15, 0.2) is 0 Å². The Labute approximate surface area is 141 Å². The van der Waals surface area contributed by atoms with E-state index in [2.05, 4.69) is 0 Å². The number of anilines is 1. The van der Waals surface area contributed by atoms with Gasteiger partial charge in [-0.1, -0.05) is 12.1 Å². The maximum Gasteiger partial charge on any atom is 0.298 e. The zero-order chi connectivity index (χ0) is 17.3. The number of aryl methyl sites for hydroxylation is 1. The van der Waals surface area contributed by atoms with Crippen molar-refractivity contribution in [1.29, 1.82) is 0 Å². The molecule has 1 heterocycles. The lowest BCUT2D eigenvalue weighted by Crippen LogP contribution is -2.27. The van der Waals surface area contributed by atoms with Crippen LogP contribution in [0.2, 0.25) is 0 Å². The number of nitrogens with zero attached hydrogens (tertiary/aromatic N) is 2. The van der Waals surface area contributed by atoms with E-state index in [4.69, 9.17) is 0 Å². The highest BCUT2D eigenvalue weighted by Gasteiger charge is 2.36. The van der Waals surface area contributed by atoms with E-state index in [1.165, 1.54) is 12.1 Å². The normalized spacial score (nSPS) is 16.0. The van der Waals surface area contributed by atoms with Crippen molar-refractivity contribution in [1.82, 2.24) is 0 Å². The molecule has 7 heteroatoms. The van der Waals surface area contributed by atoms with Crippen LogP contribution in [-0.2, 0) is 4.79 Å². The van der Waals surface area contributed by atoms with Gasteiger partial charge in [-0.25, -0.2) is 4.90 Å². The van der Waals surface area contributed by atoms with Crippen molar-refractivity contribution >= 4 is 40.4 Å². The van der Waals surface area contributed by atoms with Crippen LogP contribution in [0.1, 0.15) is 11.1 Å². The van der Waals surface area contributed by atoms with Crippen LogP contribution in [0.4, 0.5) is 16.2 Å². The lowest BCUT2D eigenvalue weighted by atomic mass is 10.2. The number of hydrogen-bond acceptors (Lipinski definition) is 5. The van der Waals surface area contributed by atoms with E-state index in [0.29, 0.717) is 11.3 Å². The van der Waals surface area contributed by atoms with Crippen LogP contribution in [0.5, 0.6) is 0 Å².